The molecule has 0 radical (unpaired) electrons. The maximum Gasteiger partial charge on any atom is 0.0622 e. The van der Waals surface area contributed by atoms with Crippen LogP contribution in [0, 0.1) is 0 Å². The van der Waals surface area contributed by atoms with Crippen LogP contribution in [0.5, 0.6) is 0 Å². The molecule has 3 aliphatic heterocycles. The molecular formula is C14H26N2O. The van der Waals surface area contributed by atoms with Gasteiger partial charge in [-0.05, 0) is 58.2 Å². The van der Waals surface area contributed by atoms with Crippen molar-refractivity contribution in [3.05, 3.63) is 0 Å². The van der Waals surface area contributed by atoms with E-state index < -0.39 is 0 Å². The smallest absolute Gasteiger partial charge is 0.0622 e. The molecule has 0 bridgehead atoms. The molecule has 0 N–H and O–H groups in total. The van der Waals surface area contributed by atoms with Crippen LogP contribution < -0.4 is 0 Å². The molecule has 3 nitrogen and oxygen atoms in total. The molecule has 3 heterocycles. The van der Waals surface area contributed by atoms with Crippen molar-refractivity contribution in [3.63, 3.8) is 0 Å². The number of hydrogen-bond donors (Lipinski definition) is 0. The first-order chi connectivity index (χ1) is 8.43. The molecule has 2 atom stereocenters. The monoisotopic (exact) mass is 238 g/mol. The fourth-order valence-electron chi connectivity index (χ4n) is 3.75. The second-order valence-corrected chi connectivity index (χ2v) is 5.88. The summed E-state index contributed by atoms with van der Waals surface area (Å²) in [6.45, 7) is 7.28. The highest BCUT2D eigenvalue weighted by Crippen LogP contribution is 2.23. The summed E-state index contributed by atoms with van der Waals surface area (Å²) in [7, 11) is 0. The van der Waals surface area contributed by atoms with Crippen molar-refractivity contribution >= 4 is 0 Å². The SMILES string of the molecule is C1CCN(C2CCCN(C3CCOC3)CC2)C1. The average molecular weight is 238 g/mol. The molecule has 0 aromatic heterocycles. The second kappa shape index (κ2) is 5.68. The van der Waals surface area contributed by atoms with Crippen LogP contribution in [0.2, 0.25) is 0 Å². The fourth-order valence-corrected chi connectivity index (χ4v) is 3.75. The lowest BCUT2D eigenvalue weighted by molar-refractivity contribution is 0.143. The van der Waals surface area contributed by atoms with E-state index in [1.54, 1.807) is 0 Å². The molecule has 3 saturated heterocycles. The summed E-state index contributed by atoms with van der Waals surface area (Å²) >= 11 is 0. The van der Waals surface area contributed by atoms with Gasteiger partial charge >= 0.3 is 0 Å². The number of rotatable bonds is 2. The molecule has 0 aliphatic carbocycles. The topological polar surface area (TPSA) is 15.7 Å². The summed E-state index contributed by atoms with van der Waals surface area (Å²) in [5.74, 6) is 0. The van der Waals surface area contributed by atoms with E-state index in [1.165, 1.54) is 64.7 Å². The van der Waals surface area contributed by atoms with Crippen LogP contribution in [0.4, 0.5) is 0 Å². The van der Waals surface area contributed by atoms with Gasteiger partial charge in [0, 0.05) is 25.2 Å². The Bertz CT molecular complexity index is 210. The Kier molecular flexibility index (Phi) is 3.99. The third-order valence-electron chi connectivity index (χ3n) is 4.81. The van der Waals surface area contributed by atoms with Gasteiger partial charge in [-0.3, -0.25) is 4.90 Å². The van der Waals surface area contributed by atoms with Crippen molar-refractivity contribution in [2.75, 3.05) is 39.4 Å². The number of hydrogen-bond acceptors (Lipinski definition) is 3. The summed E-state index contributed by atoms with van der Waals surface area (Å²) < 4.78 is 5.53. The zero-order valence-corrected chi connectivity index (χ0v) is 10.9. The van der Waals surface area contributed by atoms with Gasteiger partial charge in [0.1, 0.15) is 0 Å². The summed E-state index contributed by atoms with van der Waals surface area (Å²) in [5, 5.41) is 0. The van der Waals surface area contributed by atoms with Crippen molar-refractivity contribution in [2.24, 2.45) is 0 Å². The summed E-state index contributed by atoms with van der Waals surface area (Å²) in [6, 6.07) is 1.61. The van der Waals surface area contributed by atoms with E-state index in [1.807, 2.05) is 0 Å². The highest BCUT2D eigenvalue weighted by molar-refractivity contribution is 4.84. The highest BCUT2D eigenvalue weighted by atomic mass is 16.5. The summed E-state index contributed by atoms with van der Waals surface area (Å²) in [6.07, 6.45) is 8.31. The molecule has 3 aliphatic rings. The first-order valence-corrected chi connectivity index (χ1v) is 7.49. The van der Waals surface area contributed by atoms with Gasteiger partial charge < -0.3 is 9.64 Å². The van der Waals surface area contributed by atoms with Crippen molar-refractivity contribution in [2.45, 2.75) is 50.6 Å². The predicted molar refractivity (Wildman–Crippen MR) is 69.2 cm³/mol. The zero-order chi connectivity index (χ0) is 11.5. The fraction of sp³-hybridized carbons (Fsp3) is 1.00. The minimum atomic E-state index is 0.729. The molecule has 3 heteroatoms. The number of likely N-dealkylation sites (tertiary alicyclic amines) is 2. The minimum absolute atomic E-state index is 0.729. The maximum absolute atomic E-state index is 5.53. The van der Waals surface area contributed by atoms with Crippen LogP contribution in [-0.4, -0.2) is 61.3 Å². The predicted octanol–water partition coefficient (Wildman–Crippen LogP) is 1.73. The Morgan fingerprint density at radius 3 is 2.24 bits per heavy atom. The highest BCUT2D eigenvalue weighted by Gasteiger charge is 2.28. The van der Waals surface area contributed by atoms with E-state index in [9.17, 15) is 0 Å². The Balaban J connectivity index is 1.52. The van der Waals surface area contributed by atoms with Gasteiger partial charge in [-0.2, -0.15) is 0 Å². The van der Waals surface area contributed by atoms with E-state index in [0.717, 1.165) is 25.3 Å². The van der Waals surface area contributed by atoms with Crippen LogP contribution >= 0.6 is 0 Å². The van der Waals surface area contributed by atoms with E-state index in [-0.39, 0.29) is 0 Å². The van der Waals surface area contributed by atoms with E-state index >= 15 is 0 Å². The van der Waals surface area contributed by atoms with E-state index in [4.69, 9.17) is 4.74 Å². The number of ether oxygens (including phenoxy) is 1. The second-order valence-electron chi connectivity index (χ2n) is 5.88. The van der Waals surface area contributed by atoms with Crippen LogP contribution in [0.1, 0.15) is 38.5 Å². The van der Waals surface area contributed by atoms with Gasteiger partial charge in [0.05, 0.1) is 6.61 Å². The largest absolute Gasteiger partial charge is 0.380 e. The molecule has 0 amide bonds. The van der Waals surface area contributed by atoms with Crippen LogP contribution in [0.25, 0.3) is 0 Å². The van der Waals surface area contributed by atoms with Crippen LogP contribution in [0.3, 0.4) is 0 Å². The normalized spacial score (nSPS) is 37.4. The Labute approximate surface area is 105 Å². The molecule has 2 unspecified atom stereocenters. The van der Waals surface area contributed by atoms with Crippen molar-refractivity contribution in [3.8, 4) is 0 Å². The molecule has 3 rings (SSSR count). The van der Waals surface area contributed by atoms with Crippen molar-refractivity contribution < 1.29 is 4.74 Å². The van der Waals surface area contributed by atoms with Crippen LogP contribution in [0.15, 0.2) is 0 Å². The summed E-state index contributed by atoms with van der Waals surface area (Å²) in [5.41, 5.74) is 0. The molecule has 17 heavy (non-hydrogen) atoms. The van der Waals surface area contributed by atoms with Gasteiger partial charge in [0.15, 0.2) is 0 Å². The molecule has 0 spiro atoms. The van der Waals surface area contributed by atoms with E-state index in [2.05, 4.69) is 9.80 Å². The Morgan fingerprint density at radius 2 is 1.47 bits per heavy atom. The van der Waals surface area contributed by atoms with Crippen molar-refractivity contribution in [1.82, 2.24) is 9.80 Å². The minimum Gasteiger partial charge on any atom is -0.380 e. The lowest BCUT2D eigenvalue weighted by atomic mass is 10.1. The number of nitrogens with zero attached hydrogens (tertiary/aromatic N) is 2. The van der Waals surface area contributed by atoms with Gasteiger partial charge in [0.25, 0.3) is 0 Å². The van der Waals surface area contributed by atoms with Gasteiger partial charge in [-0.25, -0.2) is 0 Å². The Hall–Kier alpha value is -0.120. The lowest BCUT2D eigenvalue weighted by Crippen LogP contribution is -2.38. The molecule has 98 valence electrons. The lowest BCUT2D eigenvalue weighted by Gasteiger charge is -2.28. The quantitative estimate of drug-likeness (QED) is 0.728. The molecular weight excluding hydrogens is 212 g/mol. The third-order valence-corrected chi connectivity index (χ3v) is 4.81. The molecule has 0 aromatic rings. The Morgan fingerprint density at radius 1 is 0.706 bits per heavy atom. The van der Waals surface area contributed by atoms with Gasteiger partial charge in [-0.15, -0.1) is 0 Å². The maximum atomic E-state index is 5.53. The van der Waals surface area contributed by atoms with Crippen molar-refractivity contribution in [1.29, 1.82) is 0 Å². The third kappa shape index (κ3) is 2.83. The van der Waals surface area contributed by atoms with Gasteiger partial charge in [-0.1, -0.05) is 0 Å². The first kappa shape index (κ1) is 11.9. The molecule has 3 fully saturated rings. The molecule has 0 saturated carbocycles. The van der Waals surface area contributed by atoms with Crippen LogP contribution in [-0.2, 0) is 4.74 Å². The van der Waals surface area contributed by atoms with Gasteiger partial charge in [0.2, 0.25) is 0 Å². The van der Waals surface area contributed by atoms with E-state index in [0.29, 0.717) is 0 Å². The first-order valence-electron chi connectivity index (χ1n) is 7.49. The summed E-state index contributed by atoms with van der Waals surface area (Å²) in [4.78, 5) is 5.44. The molecule has 0 aromatic carbocycles. The zero-order valence-electron chi connectivity index (χ0n) is 10.9. The average Bonchev–Trinajstić information content (AvgIpc) is 2.99. The standard InChI is InChI=1S/C14H26N2O/c1-2-8-15(7-1)13-4-3-9-16(10-5-13)14-6-11-17-12-14/h13-14H,1-12H2.